The number of aromatic nitrogens is 3. The summed E-state index contributed by atoms with van der Waals surface area (Å²) in [4.78, 5) is 0. The molecule has 0 aromatic carbocycles. The largest absolute Gasteiger partial charge is 0.249 e. The molecular weight excluding hydrogens is 212 g/mol. The van der Waals surface area contributed by atoms with Crippen LogP contribution in [0.1, 0.15) is 44.5 Å². The summed E-state index contributed by atoms with van der Waals surface area (Å²) in [7, 11) is 0. The van der Waals surface area contributed by atoms with Crippen molar-refractivity contribution in [2.24, 2.45) is 11.8 Å². The minimum Gasteiger partial charge on any atom is -0.249 e. The molecule has 0 unspecified atom stereocenters. The van der Waals surface area contributed by atoms with Gasteiger partial charge in [-0.05, 0) is 37.5 Å². The molecule has 1 fully saturated rings. The average molecular weight is 232 g/mol. The van der Waals surface area contributed by atoms with E-state index in [1.54, 1.807) is 0 Å². The van der Waals surface area contributed by atoms with Gasteiger partial charge in [0.1, 0.15) is 0 Å². The molecule has 4 heteroatoms. The first-order valence-electron chi connectivity index (χ1n) is 6.49. The smallest absolute Gasteiger partial charge is 0.0999 e. The van der Waals surface area contributed by atoms with Crippen LogP contribution < -0.4 is 0 Å². The summed E-state index contributed by atoms with van der Waals surface area (Å²) < 4.78 is 2.03. The second-order valence-corrected chi connectivity index (χ2v) is 5.38. The second-order valence-electron chi connectivity index (χ2n) is 5.38. The Labute approximate surface area is 103 Å². The summed E-state index contributed by atoms with van der Waals surface area (Å²) in [5.41, 5.74) is 2.07. The third-order valence-electron chi connectivity index (χ3n) is 3.25. The van der Waals surface area contributed by atoms with E-state index in [1.165, 1.54) is 18.5 Å². The number of nitriles is 1. The van der Waals surface area contributed by atoms with Crippen LogP contribution in [0.25, 0.3) is 0 Å². The summed E-state index contributed by atoms with van der Waals surface area (Å²) in [5, 5.41) is 17.2. The predicted octanol–water partition coefficient (Wildman–Crippen LogP) is 2.34. The van der Waals surface area contributed by atoms with Crippen molar-refractivity contribution in [3.05, 3.63) is 11.4 Å². The Morgan fingerprint density at radius 1 is 1.47 bits per heavy atom. The Balaban J connectivity index is 2.10. The van der Waals surface area contributed by atoms with Gasteiger partial charge in [-0.25, -0.2) is 4.68 Å². The third kappa shape index (κ3) is 3.29. The van der Waals surface area contributed by atoms with Crippen LogP contribution >= 0.6 is 0 Å². The van der Waals surface area contributed by atoms with Gasteiger partial charge in [0.05, 0.1) is 23.9 Å². The Morgan fingerprint density at radius 2 is 2.24 bits per heavy atom. The van der Waals surface area contributed by atoms with E-state index in [-0.39, 0.29) is 0 Å². The SMILES string of the molecule is CC(C)CCc1c(CC#N)nnn1CC1CC1. The fraction of sp³-hybridized carbons (Fsp3) is 0.769. The molecule has 17 heavy (non-hydrogen) atoms. The fourth-order valence-electron chi connectivity index (χ4n) is 1.97. The van der Waals surface area contributed by atoms with E-state index < -0.39 is 0 Å². The highest BCUT2D eigenvalue weighted by molar-refractivity contribution is 5.14. The Kier molecular flexibility index (Phi) is 3.78. The molecule has 0 amide bonds. The highest BCUT2D eigenvalue weighted by atomic mass is 15.4. The van der Waals surface area contributed by atoms with Crippen LogP contribution in [0, 0.1) is 23.2 Å². The van der Waals surface area contributed by atoms with Gasteiger partial charge in [-0.1, -0.05) is 19.1 Å². The normalized spacial score (nSPS) is 15.2. The molecule has 0 saturated heterocycles. The molecule has 1 aromatic rings. The molecule has 1 aromatic heterocycles. The Morgan fingerprint density at radius 3 is 2.82 bits per heavy atom. The maximum absolute atomic E-state index is 8.80. The van der Waals surface area contributed by atoms with Crippen LogP contribution in [-0.4, -0.2) is 15.0 Å². The monoisotopic (exact) mass is 232 g/mol. The van der Waals surface area contributed by atoms with E-state index in [4.69, 9.17) is 5.26 Å². The molecule has 0 aliphatic heterocycles. The quantitative estimate of drug-likeness (QED) is 0.756. The summed E-state index contributed by atoms with van der Waals surface area (Å²) >= 11 is 0. The molecule has 0 N–H and O–H groups in total. The fourth-order valence-corrected chi connectivity index (χ4v) is 1.97. The van der Waals surface area contributed by atoms with Crippen molar-refractivity contribution in [2.75, 3.05) is 0 Å². The third-order valence-corrected chi connectivity index (χ3v) is 3.25. The Hall–Kier alpha value is -1.37. The van der Waals surface area contributed by atoms with Crippen molar-refractivity contribution in [3.8, 4) is 6.07 Å². The van der Waals surface area contributed by atoms with E-state index in [2.05, 4.69) is 30.2 Å². The molecule has 2 rings (SSSR count). The van der Waals surface area contributed by atoms with Crippen LogP contribution in [-0.2, 0) is 19.4 Å². The molecule has 0 spiro atoms. The van der Waals surface area contributed by atoms with Crippen LogP contribution in [0.5, 0.6) is 0 Å². The van der Waals surface area contributed by atoms with Gasteiger partial charge in [-0.15, -0.1) is 5.10 Å². The van der Waals surface area contributed by atoms with Crippen LogP contribution in [0.4, 0.5) is 0 Å². The molecule has 1 saturated carbocycles. The lowest BCUT2D eigenvalue weighted by atomic mass is 10.0. The van der Waals surface area contributed by atoms with Crippen LogP contribution in [0.3, 0.4) is 0 Å². The van der Waals surface area contributed by atoms with Gasteiger partial charge in [-0.2, -0.15) is 5.26 Å². The summed E-state index contributed by atoms with van der Waals surface area (Å²) in [6.07, 6.45) is 5.15. The van der Waals surface area contributed by atoms with Crippen molar-refractivity contribution >= 4 is 0 Å². The number of hydrogen-bond acceptors (Lipinski definition) is 3. The topological polar surface area (TPSA) is 54.5 Å². The number of rotatable bonds is 6. The molecule has 0 atom stereocenters. The lowest BCUT2D eigenvalue weighted by molar-refractivity contribution is 0.502. The highest BCUT2D eigenvalue weighted by Crippen LogP contribution is 2.31. The van der Waals surface area contributed by atoms with Crippen molar-refractivity contribution in [3.63, 3.8) is 0 Å². The maximum Gasteiger partial charge on any atom is 0.0999 e. The summed E-state index contributed by atoms with van der Waals surface area (Å²) in [6.45, 7) is 5.43. The molecule has 1 aliphatic rings. The van der Waals surface area contributed by atoms with Gasteiger partial charge in [-0.3, -0.25) is 0 Å². The first-order chi connectivity index (χ1) is 8.20. The van der Waals surface area contributed by atoms with Gasteiger partial charge in [0.25, 0.3) is 0 Å². The zero-order valence-electron chi connectivity index (χ0n) is 10.7. The van der Waals surface area contributed by atoms with Gasteiger partial charge < -0.3 is 0 Å². The van der Waals surface area contributed by atoms with Crippen LogP contribution in [0.2, 0.25) is 0 Å². The number of nitrogens with zero attached hydrogens (tertiary/aromatic N) is 4. The molecule has 1 heterocycles. The predicted molar refractivity (Wildman–Crippen MR) is 65.2 cm³/mol. The minimum absolute atomic E-state index is 0.387. The summed E-state index contributed by atoms with van der Waals surface area (Å²) in [6, 6.07) is 2.18. The van der Waals surface area contributed by atoms with Crippen molar-refractivity contribution < 1.29 is 0 Å². The number of hydrogen-bond donors (Lipinski definition) is 0. The van der Waals surface area contributed by atoms with Gasteiger partial charge in [0.15, 0.2) is 0 Å². The second kappa shape index (κ2) is 5.31. The minimum atomic E-state index is 0.387. The van der Waals surface area contributed by atoms with Gasteiger partial charge >= 0.3 is 0 Å². The van der Waals surface area contributed by atoms with Crippen molar-refractivity contribution in [1.29, 1.82) is 5.26 Å². The van der Waals surface area contributed by atoms with E-state index in [1.807, 2.05) is 4.68 Å². The maximum atomic E-state index is 8.80. The zero-order chi connectivity index (χ0) is 12.3. The molecule has 92 valence electrons. The molecule has 1 aliphatic carbocycles. The lowest BCUT2D eigenvalue weighted by Gasteiger charge is -2.08. The zero-order valence-corrected chi connectivity index (χ0v) is 10.7. The van der Waals surface area contributed by atoms with Gasteiger partial charge in [0, 0.05) is 6.54 Å². The van der Waals surface area contributed by atoms with Crippen LogP contribution in [0.15, 0.2) is 0 Å². The van der Waals surface area contributed by atoms with Crippen molar-refractivity contribution in [2.45, 2.75) is 52.5 Å². The van der Waals surface area contributed by atoms with E-state index >= 15 is 0 Å². The van der Waals surface area contributed by atoms with E-state index in [0.29, 0.717) is 12.3 Å². The Bertz CT molecular complexity index is 410. The first-order valence-corrected chi connectivity index (χ1v) is 6.49. The van der Waals surface area contributed by atoms with Crippen molar-refractivity contribution in [1.82, 2.24) is 15.0 Å². The standard InChI is InChI=1S/C13H20N4/c1-10(2)3-6-13-12(7-8-14)15-16-17(13)9-11-4-5-11/h10-11H,3-7,9H2,1-2H3. The average Bonchev–Trinajstić information content (AvgIpc) is 3.00. The van der Waals surface area contributed by atoms with E-state index in [9.17, 15) is 0 Å². The molecule has 4 nitrogen and oxygen atoms in total. The first kappa shape index (κ1) is 12.1. The van der Waals surface area contributed by atoms with Gasteiger partial charge in [0.2, 0.25) is 0 Å². The van der Waals surface area contributed by atoms with E-state index in [0.717, 1.165) is 31.0 Å². The molecule has 0 radical (unpaired) electrons. The highest BCUT2D eigenvalue weighted by Gasteiger charge is 2.24. The molecular formula is C13H20N4. The summed E-state index contributed by atoms with van der Waals surface area (Å²) in [5.74, 6) is 1.47. The molecule has 0 bridgehead atoms. The lowest BCUT2D eigenvalue weighted by Crippen LogP contribution is -2.09.